The second-order valence-corrected chi connectivity index (χ2v) is 10.3. The molecule has 0 spiro atoms. The normalized spacial score (nSPS) is 17.1. The van der Waals surface area contributed by atoms with Gasteiger partial charge in [-0.05, 0) is 55.5 Å². The van der Waals surface area contributed by atoms with Gasteiger partial charge in [-0.1, -0.05) is 31.2 Å². The SMILES string of the molecule is COc1ccc(NC(=O)N(C)C[C@H]2Oc3c(NC(=O)Nc4ccccc4)cccc3C(=O)N([C@H](C)CO)C[C@@H]2C)cc1. The van der Waals surface area contributed by atoms with Gasteiger partial charge in [-0.3, -0.25) is 4.79 Å². The van der Waals surface area contributed by atoms with E-state index >= 15 is 0 Å². The third-order valence-electron chi connectivity index (χ3n) is 7.11. The van der Waals surface area contributed by atoms with Crippen LogP contribution in [0.25, 0.3) is 0 Å². The zero-order valence-corrected chi connectivity index (χ0v) is 24.2. The Morgan fingerprint density at radius 1 is 1.02 bits per heavy atom. The fourth-order valence-electron chi connectivity index (χ4n) is 4.61. The Bertz CT molecular complexity index is 1380. The van der Waals surface area contributed by atoms with Gasteiger partial charge in [0.1, 0.15) is 11.9 Å². The third-order valence-corrected chi connectivity index (χ3v) is 7.11. The van der Waals surface area contributed by atoms with E-state index in [1.807, 2.05) is 13.0 Å². The Morgan fingerprint density at radius 3 is 2.38 bits per heavy atom. The number of hydrogen-bond donors (Lipinski definition) is 4. The predicted molar refractivity (Wildman–Crippen MR) is 161 cm³/mol. The Kier molecular flexibility index (Phi) is 9.87. The molecule has 222 valence electrons. The monoisotopic (exact) mass is 575 g/mol. The number of nitrogens with one attached hydrogen (secondary N) is 3. The van der Waals surface area contributed by atoms with Crippen LogP contribution in [0.4, 0.5) is 26.7 Å². The van der Waals surface area contributed by atoms with E-state index in [9.17, 15) is 19.5 Å². The van der Waals surface area contributed by atoms with Crippen molar-refractivity contribution in [3.63, 3.8) is 0 Å². The molecular formula is C31H37N5O6. The minimum absolute atomic E-state index is 0.183. The van der Waals surface area contributed by atoms with Gasteiger partial charge in [0.25, 0.3) is 5.91 Å². The van der Waals surface area contributed by atoms with Gasteiger partial charge in [0, 0.05) is 30.9 Å². The highest BCUT2D eigenvalue weighted by Gasteiger charge is 2.35. The Hall–Kier alpha value is -4.77. The maximum absolute atomic E-state index is 13.7. The van der Waals surface area contributed by atoms with Gasteiger partial charge in [-0.25, -0.2) is 9.59 Å². The van der Waals surface area contributed by atoms with Crippen molar-refractivity contribution in [2.75, 3.05) is 49.8 Å². The van der Waals surface area contributed by atoms with Crippen LogP contribution >= 0.6 is 0 Å². The fourth-order valence-corrected chi connectivity index (χ4v) is 4.61. The largest absolute Gasteiger partial charge is 0.497 e. The van der Waals surface area contributed by atoms with Crippen molar-refractivity contribution in [3.8, 4) is 11.5 Å². The molecule has 4 N–H and O–H groups in total. The molecule has 11 heteroatoms. The minimum atomic E-state index is -0.558. The summed E-state index contributed by atoms with van der Waals surface area (Å²) in [6.45, 7) is 3.95. The Morgan fingerprint density at radius 2 is 1.71 bits per heavy atom. The average Bonchev–Trinajstić information content (AvgIpc) is 2.99. The van der Waals surface area contributed by atoms with Crippen molar-refractivity contribution < 1.29 is 29.0 Å². The van der Waals surface area contributed by atoms with Crippen molar-refractivity contribution in [2.24, 2.45) is 5.92 Å². The highest BCUT2D eigenvalue weighted by molar-refractivity contribution is 6.04. The zero-order chi connectivity index (χ0) is 30.2. The summed E-state index contributed by atoms with van der Waals surface area (Å²) in [4.78, 5) is 42.7. The number of fused-ring (bicyclic) bond motifs is 1. The van der Waals surface area contributed by atoms with E-state index < -0.39 is 18.2 Å². The molecule has 1 aliphatic heterocycles. The molecule has 0 radical (unpaired) electrons. The van der Waals surface area contributed by atoms with Crippen LogP contribution in [0.1, 0.15) is 24.2 Å². The molecule has 1 heterocycles. The van der Waals surface area contributed by atoms with Crippen LogP contribution in [-0.4, -0.2) is 78.9 Å². The lowest BCUT2D eigenvalue weighted by Crippen LogP contribution is -2.50. The lowest BCUT2D eigenvalue weighted by Gasteiger charge is -2.38. The van der Waals surface area contributed by atoms with Crippen LogP contribution in [0.5, 0.6) is 11.5 Å². The number of anilines is 3. The highest BCUT2D eigenvalue weighted by atomic mass is 16.5. The lowest BCUT2D eigenvalue weighted by atomic mass is 9.99. The van der Waals surface area contributed by atoms with Crippen molar-refractivity contribution in [1.82, 2.24) is 9.80 Å². The molecule has 0 saturated heterocycles. The van der Waals surface area contributed by atoms with E-state index in [4.69, 9.17) is 9.47 Å². The minimum Gasteiger partial charge on any atom is -0.497 e. The molecule has 3 atom stereocenters. The van der Waals surface area contributed by atoms with Crippen LogP contribution in [0.15, 0.2) is 72.8 Å². The van der Waals surface area contributed by atoms with E-state index in [2.05, 4.69) is 16.0 Å². The first-order valence-electron chi connectivity index (χ1n) is 13.7. The number of amides is 5. The second-order valence-electron chi connectivity index (χ2n) is 10.3. The fraction of sp³-hybridized carbons (Fsp3) is 0.323. The molecule has 42 heavy (non-hydrogen) atoms. The molecule has 0 unspecified atom stereocenters. The van der Waals surface area contributed by atoms with E-state index in [0.29, 0.717) is 29.4 Å². The summed E-state index contributed by atoms with van der Waals surface area (Å²) >= 11 is 0. The summed E-state index contributed by atoms with van der Waals surface area (Å²) < 4.78 is 11.6. The molecule has 5 amide bonds. The van der Waals surface area contributed by atoms with Gasteiger partial charge in [0.2, 0.25) is 0 Å². The maximum Gasteiger partial charge on any atom is 0.323 e. The average molecular weight is 576 g/mol. The number of aliphatic hydroxyl groups excluding tert-OH is 1. The van der Waals surface area contributed by atoms with Crippen molar-refractivity contribution >= 4 is 35.0 Å². The van der Waals surface area contributed by atoms with Gasteiger partial charge in [0.05, 0.1) is 37.6 Å². The number of carbonyl (C=O) groups excluding carboxylic acids is 3. The molecule has 0 aliphatic carbocycles. The molecule has 11 nitrogen and oxygen atoms in total. The molecule has 0 saturated carbocycles. The number of nitrogens with zero attached hydrogens (tertiary/aromatic N) is 2. The van der Waals surface area contributed by atoms with Gasteiger partial charge < -0.3 is 40.3 Å². The molecule has 3 aromatic carbocycles. The molecule has 0 bridgehead atoms. The molecular weight excluding hydrogens is 538 g/mol. The van der Waals surface area contributed by atoms with Gasteiger partial charge >= 0.3 is 12.1 Å². The van der Waals surface area contributed by atoms with Gasteiger partial charge in [0.15, 0.2) is 5.75 Å². The number of methoxy groups -OCH3 is 1. The Labute approximate surface area is 245 Å². The smallest absolute Gasteiger partial charge is 0.323 e. The molecule has 0 fully saturated rings. The van der Waals surface area contributed by atoms with Gasteiger partial charge in [-0.2, -0.15) is 0 Å². The maximum atomic E-state index is 13.7. The number of benzene rings is 3. The number of urea groups is 2. The summed E-state index contributed by atoms with van der Waals surface area (Å²) in [6.07, 6.45) is -0.558. The van der Waals surface area contributed by atoms with E-state index in [1.165, 1.54) is 4.90 Å². The summed E-state index contributed by atoms with van der Waals surface area (Å²) in [5.74, 6) is 0.310. The van der Waals surface area contributed by atoms with Crippen LogP contribution in [0, 0.1) is 5.92 Å². The number of carbonyl (C=O) groups is 3. The number of hydrogen-bond acceptors (Lipinski definition) is 6. The van der Waals surface area contributed by atoms with Crippen molar-refractivity contribution in [2.45, 2.75) is 26.0 Å². The van der Waals surface area contributed by atoms with Crippen molar-refractivity contribution in [3.05, 3.63) is 78.4 Å². The van der Waals surface area contributed by atoms with Crippen LogP contribution < -0.4 is 25.4 Å². The molecule has 4 rings (SSSR count). The summed E-state index contributed by atoms with van der Waals surface area (Å²) in [6, 6.07) is 19.6. The predicted octanol–water partition coefficient (Wildman–Crippen LogP) is 4.72. The molecule has 1 aliphatic rings. The Balaban J connectivity index is 1.60. The first kappa shape index (κ1) is 30.2. The zero-order valence-electron chi connectivity index (χ0n) is 24.2. The first-order valence-corrected chi connectivity index (χ1v) is 13.7. The van der Waals surface area contributed by atoms with Crippen LogP contribution in [0.2, 0.25) is 0 Å². The molecule has 3 aromatic rings. The molecule has 0 aromatic heterocycles. The van der Waals surface area contributed by atoms with Crippen LogP contribution in [0.3, 0.4) is 0 Å². The quantitative estimate of drug-likeness (QED) is 0.307. The first-order chi connectivity index (χ1) is 20.2. The van der Waals surface area contributed by atoms with Crippen LogP contribution in [-0.2, 0) is 0 Å². The number of ether oxygens (including phenoxy) is 2. The lowest BCUT2D eigenvalue weighted by molar-refractivity contribution is 0.0373. The summed E-state index contributed by atoms with van der Waals surface area (Å²) in [7, 11) is 3.23. The number of rotatable bonds is 8. The highest BCUT2D eigenvalue weighted by Crippen LogP contribution is 2.35. The van der Waals surface area contributed by atoms with E-state index in [1.54, 1.807) is 92.7 Å². The summed E-state index contributed by atoms with van der Waals surface area (Å²) in [5.41, 5.74) is 1.75. The topological polar surface area (TPSA) is 132 Å². The standard InChI is InChI=1S/C31H37N5O6/c1-20-17-36(21(2)19-37)29(38)25-11-8-12-26(34-30(39)32-22-9-6-5-7-10-22)28(25)42-27(20)18-35(3)31(40)33-23-13-15-24(41-4)16-14-23/h5-16,20-21,27,37H,17-19H2,1-4H3,(H,33,40)(H2,32,34,39)/t20-,21+,27+/m0/s1. The number of aliphatic hydroxyl groups is 1. The van der Waals surface area contributed by atoms with E-state index in [-0.39, 0.29) is 42.3 Å². The number of para-hydroxylation sites is 2. The van der Waals surface area contributed by atoms with E-state index in [0.717, 1.165) is 0 Å². The third kappa shape index (κ3) is 7.29. The van der Waals surface area contributed by atoms with Gasteiger partial charge in [-0.15, -0.1) is 0 Å². The summed E-state index contributed by atoms with van der Waals surface area (Å²) in [5, 5.41) is 18.3. The second kappa shape index (κ2) is 13.7. The van der Waals surface area contributed by atoms with Crippen molar-refractivity contribution in [1.29, 1.82) is 0 Å². The number of likely N-dealkylation sites (N-methyl/N-ethyl adjacent to an activating group) is 1.